The van der Waals surface area contributed by atoms with Gasteiger partial charge in [-0.05, 0) is 0 Å². The van der Waals surface area contributed by atoms with Crippen molar-refractivity contribution in [2.24, 2.45) is 0 Å². The summed E-state index contributed by atoms with van der Waals surface area (Å²) in [6.45, 7) is 0.846. The summed E-state index contributed by atoms with van der Waals surface area (Å²) in [5.41, 5.74) is 0.552. The van der Waals surface area contributed by atoms with Crippen molar-refractivity contribution < 1.29 is 19.1 Å². The molecular weight excluding hydrogens is 366 g/mol. The number of carbonyl (C=O) groups excluding carboxylic acids is 2. The second kappa shape index (κ2) is 11.1. The van der Waals surface area contributed by atoms with Crippen molar-refractivity contribution in [3.63, 3.8) is 0 Å². The van der Waals surface area contributed by atoms with Gasteiger partial charge in [-0.25, -0.2) is 0 Å². The first-order valence-corrected chi connectivity index (χ1v) is 8.87. The van der Waals surface area contributed by atoms with E-state index in [1.807, 2.05) is 11.8 Å². The zero-order valence-corrected chi connectivity index (χ0v) is 15.9. The third-order valence-corrected chi connectivity index (χ3v) is 4.64. The predicted octanol–water partition coefficient (Wildman–Crippen LogP) is 1.28. The maximum absolute atomic E-state index is 12.0. The van der Waals surface area contributed by atoms with Gasteiger partial charge in [0.05, 0.1) is 20.8 Å². The Hall–Kier alpha value is -1.64. The molecule has 0 aliphatic carbocycles. The van der Waals surface area contributed by atoms with Gasteiger partial charge in [-0.2, -0.15) is 11.8 Å². The number of amides is 2. The van der Waals surface area contributed by atoms with Crippen LogP contribution in [0, 0.1) is 0 Å². The monoisotopic (exact) mass is 389 g/mol. The molecule has 2 amide bonds. The molecule has 0 saturated carbocycles. The summed E-state index contributed by atoms with van der Waals surface area (Å²) < 4.78 is 10.3. The van der Waals surface area contributed by atoms with Crippen LogP contribution in [-0.2, 0) is 9.59 Å². The van der Waals surface area contributed by atoms with E-state index in [4.69, 9.17) is 9.47 Å². The Morgan fingerprint density at radius 1 is 1.20 bits per heavy atom. The van der Waals surface area contributed by atoms with E-state index in [2.05, 4.69) is 16.0 Å². The smallest absolute Gasteiger partial charge is 0.243 e. The highest BCUT2D eigenvalue weighted by molar-refractivity contribution is 7.99. The maximum Gasteiger partial charge on any atom is 0.243 e. The van der Waals surface area contributed by atoms with Gasteiger partial charge in [0.2, 0.25) is 11.8 Å². The summed E-state index contributed by atoms with van der Waals surface area (Å²) in [6, 6.07) is 5.26. The first-order chi connectivity index (χ1) is 11.6. The molecule has 0 spiro atoms. The van der Waals surface area contributed by atoms with Gasteiger partial charge < -0.3 is 25.4 Å². The third-order valence-electron chi connectivity index (χ3n) is 3.51. The molecule has 2 rings (SSSR count). The molecule has 1 saturated heterocycles. The minimum atomic E-state index is -0.301. The second-order valence-corrected chi connectivity index (χ2v) is 6.51. The number of nitrogens with one attached hydrogen (secondary N) is 3. The van der Waals surface area contributed by atoms with Crippen LogP contribution in [0.4, 0.5) is 5.69 Å². The lowest BCUT2D eigenvalue weighted by molar-refractivity contribution is -0.124. The average Bonchev–Trinajstić information content (AvgIpc) is 2.60. The molecule has 0 aromatic heterocycles. The van der Waals surface area contributed by atoms with Gasteiger partial charge in [-0.3, -0.25) is 9.59 Å². The molecule has 1 fully saturated rings. The molecule has 1 aromatic rings. The fourth-order valence-electron chi connectivity index (χ4n) is 2.31. The first-order valence-electron chi connectivity index (χ1n) is 7.71. The van der Waals surface area contributed by atoms with Crippen LogP contribution in [0.3, 0.4) is 0 Å². The Morgan fingerprint density at radius 2 is 1.88 bits per heavy atom. The average molecular weight is 390 g/mol. The Bertz CT molecular complexity index is 560. The number of rotatable bonds is 7. The zero-order valence-electron chi connectivity index (χ0n) is 14.3. The van der Waals surface area contributed by atoms with Gasteiger partial charge in [-0.1, -0.05) is 0 Å². The van der Waals surface area contributed by atoms with Crippen LogP contribution in [0.5, 0.6) is 11.5 Å². The molecule has 0 radical (unpaired) electrons. The summed E-state index contributed by atoms with van der Waals surface area (Å²) in [6.07, 6.45) is 0.382. The van der Waals surface area contributed by atoms with E-state index >= 15 is 0 Å². The predicted molar refractivity (Wildman–Crippen MR) is 102 cm³/mol. The number of thioether (sulfide) groups is 1. The highest BCUT2D eigenvalue weighted by Crippen LogP contribution is 2.25. The van der Waals surface area contributed by atoms with Crippen LogP contribution in [0.15, 0.2) is 18.2 Å². The number of benzene rings is 1. The van der Waals surface area contributed by atoms with E-state index in [9.17, 15) is 9.59 Å². The Balaban J connectivity index is 0.00000312. The SMILES string of the molecule is COc1cc(NC(=O)CNC(=O)CC2CSCCN2)cc(OC)c1.Cl. The Labute approximate surface area is 158 Å². The summed E-state index contributed by atoms with van der Waals surface area (Å²) >= 11 is 1.83. The van der Waals surface area contributed by atoms with Gasteiger partial charge in [-0.15, -0.1) is 12.4 Å². The molecule has 1 atom stereocenters. The van der Waals surface area contributed by atoms with Crippen LogP contribution in [0.2, 0.25) is 0 Å². The van der Waals surface area contributed by atoms with Crippen LogP contribution >= 0.6 is 24.2 Å². The molecule has 1 aliphatic heterocycles. The quantitative estimate of drug-likeness (QED) is 0.651. The lowest BCUT2D eigenvalue weighted by Crippen LogP contribution is -2.42. The molecule has 1 aliphatic rings. The van der Waals surface area contributed by atoms with Crippen LogP contribution in [-0.4, -0.2) is 56.7 Å². The van der Waals surface area contributed by atoms with E-state index in [1.54, 1.807) is 18.2 Å². The molecular formula is C16H24ClN3O4S. The minimum Gasteiger partial charge on any atom is -0.497 e. The topological polar surface area (TPSA) is 88.7 Å². The maximum atomic E-state index is 12.0. The number of methoxy groups -OCH3 is 2. The lowest BCUT2D eigenvalue weighted by atomic mass is 10.2. The number of anilines is 1. The Morgan fingerprint density at radius 3 is 2.44 bits per heavy atom. The molecule has 7 nitrogen and oxygen atoms in total. The largest absolute Gasteiger partial charge is 0.497 e. The first kappa shape index (κ1) is 21.4. The normalized spacial score (nSPS) is 16.3. The van der Waals surface area contributed by atoms with Crippen molar-refractivity contribution >= 4 is 41.7 Å². The number of halogens is 1. The Kier molecular flexibility index (Phi) is 9.48. The summed E-state index contributed by atoms with van der Waals surface area (Å²) in [4.78, 5) is 23.9. The van der Waals surface area contributed by atoms with E-state index in [1.165, 1.54) is 14.2 Å². The molecule has 1 unspecified atom stereocenters. The van der Waals surface area contributed by atoms with Gasteiger partial charge in [0.25, 0.3) is 0 Å². The van der Waals surface area contributed by atoms with Crippen molar-refractivity contribution in [3.8, 4) is 11.5 Å². The van der Waals surface area contributed by atoms with Crippen molar-refractivity contribution in [2.45, 2.75) is 12.5 Å². The van der Waals surface area contributed by atoms with Crippen molar-refractivity contribution in [2.75, 3.05) is 44.1 Å². The van der Waals surface area contributed by atoms with E-state index in [0.29, 0.717) is 23.6 Å². The highest BCUT2D eigenvalue weighted by atomic mass is 35.5. The van der Waals surface area contributed by atoms with E-state index in [-0.39, 0.29) is 36.8 Å². The van der Waals surface area contributed by atoms with Crippen LogP contribution in [0.1, 0.15) is 6.42 Å². The van der Waals surface area contributed by atoms with Gasteiger partial charge in [0.15, 0.2) is 0 Å². The van der Waals surface area contributed by atoms with Crippen molar-refractivity contribution in [1.82, 2.24) is 10.6 Å². The second-order valence-electron chi connectivity index (χ2n) is 5.36. The number of ether oxygens (including phenoxy) is 2. The molecule has 9 heteroatoms. The third kappa shape index (κ3) is 7.41. The lowest BCUT2D eigenvalue weighted by Gasteiger charge is -2.22. The molecule has 0 bridgehead atoms. The highest BCUT2D eigenvalue weighted by Gasteiger charge is 2.17. The van der Waals surface area contributed by atoms with Gasteiger partial charge >= 0.3 is 0 Å². The summed E-state index contributed by atoms with van der Waals surface area (Å²) in [7, 11) is 3.08. The summed E-state index contributed by atoms with van der Waals surface area (Å²) in [5.74, 6) is 2.72. The number of hydrogen-bond donors (Lipinski definition) is 3. The van der Waals surface area contributed by atoms with Crippen molar-refractivity contribution in [3.05, 3.63) is 18.2 Å². The van der Waals surface area contributed by atoms with Gasteiger partial charge in [0.1, 0.15) is 11.5 Å². The fraction of sp³-hybridized carbons (Fsp3) is 0.500. The fourth-order valence-corrected chi connectivity index (χ4v) is 3.26. The van der Waals surface area contributed by atoms with E-state index in [0.717, 1.165) is 18.1 Å². The number of hydrogen-bond acceptors (Lipinski definition) is 6. The van der Waals surface area contributed by atoms with Crippen LogP contribution < -0.4 is 25.4 Å². The minimum absolute atomic E-state index is 0. The zero-order chi connectivity index (χ0) is 17.4. The molecule has 1 heterocycles. The molecule has 25 heavy (non-hydrogen) atoms. The van der Waals surface area contributed by atoms with Crippen LogP contribution in [0.25, 0.3) is 0 Å². The molecule has 3 N–H and O–H groups in total. The number of carbonyl (C=O) groups is 2. The molecule has 140 valence electrons. The molecule has 1 aromatic carbocycles. The van der Waals surface area contributed by atoms with Gasteiger partial charge in [0, 0.05) is 54.4 Å². The summed E-state index contributed by atoms with van der Waals surface area (Å²) in [5, 5.41) is 8.65. The standard InChI is InChI=1S/C16H23N3O4S.ClH/c1-22-13-5-11(6-14(8-13)23-2)19-16(21)9-18-15(20)7-12-10-24-4-3-17-12;/h5-6,8,12,17H,3-4,7,9-10H2,1-2H3,(H,18,20)(H,19,21);1H. The van der Waals surface area contributed by atoms with Crippen molar-refractivity contribution in [1.29, 1.82) is 0 Å². The van der Waals surface area contributed by atoms with E-state index < -0.39 is 0 Å².